The molecule has 0 aliphatic carbocycles. The number of likely N-dealkylation sites (tertiary alicyclic amines) is 1. The Balaban J connectivity index is 1.75. The van der Waals surface area contributed by atoms with Crippen molar-refractivity contribution in [1.29, 1.82) is 5.41 Å². The van der Waals surface area contributed by atoms with Gasteiger partial charge in [0.15, 0.2) is 5.76 Å². The molecule has 0 spiro atoms. The molecule has 1 aliphatic heterocycles. The summed E-state index contributed by atoms with van der Waals surface area (Å²) in [5.41, 5.74) is 2.80. The first kappa shape index (κ1) is 13.8. The Morgan fingerprint density at radius 2 is 2.00 bits per heavy atom. The van der Waals surface area contributed by atoms with Crippen molar-refractivity contribution in [2.24, 2.45) is 0 Å². The van der Waals surface area contributed by atoms with Crippen LogP contribution in [0, 0.1) is 5.41 Å². The van der Waals surface area contributed by atoms with Crippen molar-refractivity contribution in [2.45, 2.75) is 19.4 Å². The van der Waals surface area contributed by atoms with Crippen molar-refractivity contribution in [3.8, 4) is 11.3 Å². The average Bonchev–Trinajstić information content (AvgIpc) is 3.19. The van der Waals surface area contributed by atoms with Gasteiger partial charge in [-0.2, -0.15) is 0 Å². The molecule has 110 valence electrons. The lowest BCUT2D eigenvalue weighted by atomic mass is 10.1. The smallest absolute Gasteiger partial charge is 0.151 e. The van der Waals surface area contributed by atoms with E-state index in [0.717, 1.165) is 35.7 Å². The SMILES string of the molecule is CNCc1cc(-c2ccc(C(=N)N3CCCC3)cc2)no1. The molecule has 0 radical (unpaired) electrons. The second-order valence-corrected chi connectivity index (χ2v) is 5.33. The number of hydrogen-bond donors (Lipinski definition) is 2. The minimum Gasteiger partial charge on any atom is -0.359 e. The highest BCUT2D eigenvalue weighted by Crippen LogP contribution is 2.21. The molecule has 1 aliphatic rings. The summed E-state index contributed by atoms with van der Waals surface area (Å²) < 4.78 is 5.26. The zero-order valence-electron chi connectivity index (χ0n) is 12.2. The number of aromatic nitrogens is 1. The van der Waals surface area contributed by atoms with Gasteiger partial charge in [0.25, 0.3) is 0 Å². The van der Waals surface area contributed by atoms with Gasteiger partial charge in [-0.05, 0) is 19.9 Å². The van der Waals surface area contributed by atoms with E-state index in [-0.39, 0.29) is 0 Å². The fraction of sp³-hybridized carbons (Fsp3) is 0.375. The van der Waals surface area contributed by atoms with Crippen molar-refractivity contribution in [3.63, 3.8) is 0 Å². The van der Waals surface area contributed by atoms with Gasteiger partial charge in [-0.3, -0.25) is 5.41 Å². The van der Waals surface area contributed by atoms with Gasteiger partial charge >= 0.3 is 0 Å². The maximum atomic E-state index is 8.24. The van der Waals surface area contributed by atoms with Crippen LogP contribution < -0.4 is 5.32 Å². The maximum Gasteiger partial charge on any atom is 0.151 e. The van der Waals surface area contributed by atoms with Crippen LogP contribution in [0.3, 0.4) is 0 Å². The number of amidine groups is 1. The molecule has 2 aromatic rings. The van der Waals surface area contributed by atoms with E-state index in [1.165, 1.54) is 12.8 Å². The number of nitrogens with one attached hydrogen (secondary N) is 2. The van der Waals surface area contributed by atoms with E-state index in [1.54, 1.807) is 0 Å². The van der Waals surface area contributed by atoms with E-state index < -0.39 is 0 Å². The minimum absolute atomic E-state index is 0.620. The van der Waals surface area contributed by atoms with Gasteiger partial charge in [-0.1, -0.05) is 29.4 Å². The van der Waals surface area contributed by atoms with Crippen LogP contribution in [0.15, 0.2) is 34.9 Å². The van der Waals surface area contributed by atoms with Gasteiger partial charge < -0.3 is 14.7 Å². The highest BCUT2D eigenvalue weighted by Gasteiger charge is 2.16. The van der Waals surface area contributed by atoms with Crippen LogP contribution in [0.1, 0.15) is 24.2 Å². The third-order valence-electron chi connectivity index (χ3n) is 3.79. The molecule has 5 heteroatoms. The fourth-order valence-corrected chi connectivity index (χ4v) is 2.63. The number of hydrogen-bond acceptors (Lipinski definition) is 4. The van der Waals surface area contributed by atoms with Crippen LogP contribution in [0.2, 0.25) is 0 Å². The van der Waals surface area contributed by atoms with E-state index in [0.29, 0.717) is 12.4 Å². The normalized spacial score (nSPS) is 14.6. The standard InChI is InChI=1S/C16H20N4O/c1-18-11-14-10-15(19-21-14)12-4-6-13(7-5-12)16(17)20-8-2-3-9-20/h4-7,10,17-18H,2-3,8-9,11H2,1H3. The largest absolute Gasteiger partial charge is 0.359 e. The predicted octanol–water partition coefficient (Wildman–Crippen LogP) is 2.48. The van der Waals surface area contributed by atoms with Crippen molar-refractivity contribution >= 4 is 5.84 Å². The third-order valence-corrected chi connectivity index (χ3v) is 3.79. The molecule has 1 aromatic heterocycles. The first-order valence-corrected chi connectivity index (χ1v) is 7.32. The molecule has 0 amide bonds. The summed E-state index contributed by atoms with van der Waals surface area (Å²) in [7, 11) is 1.88. The summed E-state index contributed by atoms with van der Waals surface area (Å²) in [5.74, 6) is 1.44. The Kier molecular flexibility index (Phi) is 4.01. The molecular formula is C16H20N4O. The van der Waals surface area contributed by atoms with Crippen molar-refractivity contribution in [1.82, 2.24) is 15.4 Å². The van der Waals surface area contributed by atoms with E-state index in [4.69, 9.17) is 9.93 Å². The van der Waals surface area contributed by atoms with Crippen molar-refractivity contribution in [3.05, 3.63) is 41.7 Å². The minimum atomic E-state index is 0.620. The van der Waals surface area contributed by atoms with Crippen LogP contribution in [0.4, 0.5) is 0 Å². The predicted molar refractivity (Wildman–Crippen MR) is 82.3 cm³/mol. The van der Waals surface area contributed by atoms with Gasteiger partial charge in [0.05, 0.1) is 6.54 Å². The summed E-state index contributed by atoms with van der Waals surface area (Å²) >= 11 is 0. The molecule has 0 atom stereocenters. The quantitative estimate of drug-likeness (QED) is 0.668. The monoisotopic (exact) mass is 284 g/mol. The Morgan fingerprint density at radius 1 is 1.29 bits per heavy atom. The van der Waals surface area contributed by atoms with E-state index in [2.05, 4.69) is 15.4 Å². The number of nitrogens with zero attached hydrogens (tertiary/aromatic N) is 2. The van der Waals surface area contributed by atoms with E-state index in [1.807, 2.05) is 37.4 Å². The summed E-state index contributed by atoms with van der Waals surface area (Å²) in [6.45, 7) is 2.67. The van der Waals surface area contributed by atoms with Gasteiger partial charge in [0, 0.05) is 30.3 Å². The molecule has 0 saturated carbocycles. The Morgan fingerprint density at radius 3 is 2.67 bits per heavy atom. The molecule has 21 heavy (non-hydrogen) atoms. The summed E-state index contributed by atoms with van der Waals surface area (Å²) in [6, 6.07) is 9.92. The van der Waals surface area contributed by atoms with E-state index >= 15 is 0 Å². The molecule has 1 aromatic carbocycles. The van der Waals surface area contributed by atoms with Crippen LogP contribution in [-0.4, -0.2) is 36.0 Å². The first-order chi connectivity index (χ1) is 10.3. The van der Waals surface area contributed by atoms with Gasteiger partial charge in [0.1, 0.15) is 11.5 Å². The zero-order chi connectivity index (χ0) is 14.7. The molecule has 2 heterocycles. The topological polar surface area (TPSA) is 65.2 Å². The number of rotatable bonds is 4. The Labute approximate surface area is 124 Å². The Hall–Kier alpha value is -2.14. The lowest BCUT2D eigenvalue weighted by Crippen LogP contribution is -2.27. The van der Waals surface area contributed by atoms with Crippen molar-refractivity contribution in [2.75, 3.05) is 20.1 Å². The van der Waals surface area contributed by atoms with E-state index in [9.17, 15) is 0 Å². The molecule has 2 N–H and O–H groups in total. The van der Waals surface area contributed by atoms with Gasteiger partial charge in [-0.15, -0.1) is 0 Å². The third kappa shape index (κ3) is 2.97. The van der Waals surface area contributed by atoms with Crippen molar-refractivity contribution < 1.29 is 4.52 Å². The second kappa shape index (κ2) is 6.10. The van der Waals surface area contributed by atoms with Gasteiger partial charge in [0.2, 0.25) is 0 Å². The molecule has 5 nitrogen and oxygen atoms in total. The zero-order valence-corrected chi connectivity index (χ0v) is 12.2. The highest BCUT2D eigenvalue weighted by atomic mass is 16.5. The van der Waals surface area contributed by atoms with Gasteiger partial charge in [-0.25, -0.2) is 0 Å². The molecule has 3 rings (SSSR count). The number of benzene rings is 1. The first-order valence-electron chi connectivity index (χ1n) is 7.32. The van der Waals surface area contributed by atoms with Crippen LogP contribution >= 0.6 is 0 Å². The highest BCUT2D eigenvalue weighted by molar-refractivity contribution is 5.96. The molecule has 1 fully saturated rings. The molecular weight excluding hydrogens is 264 g/mol. The molecule has 0 bridgehead atoms. The van der Waals surface area contributed by atoms with Crippen LogP contribution in [-0.2, 0) is 6.54 Å². The maximum absolute atomic E-state index is 8.24. The summed E-state index contributed by atoms with van der Waals surface area (Å²) in [4.78, 5) is 2.14. The summed E-state index contributed by atoms with van der Waals surface area (Å²) in [6.07, 6.45) is 2.38. The molecule has 1 saturated heterocycles. The van der Waals surface area contributed by atoms with Crippen LogP contribution in [0.25, 0.3) is 11.3 Å². The lowest BCUT2D eigenvalue weighted by Gasteiger charge is -2.18. The fourth-order valence-electron chi connectivity index (χ4n) is 2.63. The Bertz CT molecular complexity index is 611. The second-order valence-electron chi connectivity index (χ2n) is 5.33. The average molecular weight is 284 g/mol. The van der Waals surface area contributed by atoms with Crippen LogP contribution in [0.5, 0.6) is 0 Å². The molecule has 0 unspecified atom stereocenters. The summed E-state index contributed by atoms with van der Waals surface area (Å²) in [5, 5.41) is 15.4. The lowest BCUT2D eigenvalue weighted by molar-refractivity contribution is 0.379.